The number of nitrogens with zero attached hydrogens (tertiary/aromatic N) is 2. The zero-order chi connectivity index (χ0) is 12.3. The van der Waals surface area contributed by atoms with Crippen LogP contribution in [0.5, 0.6) is 0 Å². The van der Waals surface area contributed by atoms with Crippen molar-refractivity contribution in [1.29, 1.82) is 5.26 Å². The first-order chi connectivity index (χ1) is 8.31. The lowest BCUT2D eigenvalue weighted by Crippen LogP contribution is -2.33. The lowest BCUT2D eigenvalue weighted by molar-refractivity contribution is 0.611. The van der Waals surface area contributed by atoms with Crippen molar-refractivity contribution in [1.82, 2.24) is 0 Å². The van der Waals surface area contributed by atoms with Crippen molar-refractivity contribution in [3.63, 3.8) is 0 Å². The Morgan fingerprint density at radius 3 is 2.94 bits per heavy atom. The van der Waals surface area contributed by atoms with Crippen molar-refractivity contribution in [2.75, 3.05) is 18.0 Å². The molecule has 2 N–H and O–H groups in total. The maximum atomic E-state index is 9.21. The Kier molecular flexibility index (Phi) is 3.65. The predicted octanol–water partition coefficient (Wildman–Crippen LogP) is 2.24. The van der Waals surface area contributed by atoms with Crippen LogP contribution in [0.3, 0.4) is 0 Å². The van der Waals surface area contributed by atoms with Gasteiger partial charge in [-0.25, -0.2) is 0 Å². The van der Waals surface area contributed by atoms with Crippen molar-refractivity contribution in [2.45, 2.75) is 31.7 Å². The van der Waals surface area contributed by atoms with Gasteiger partial charge in [0.15, 0.2) is 0 Å². The summed E-state index contributed by atoms with van der Waals surface area (Å²) in [6, 6.07) is 10.8. The zero-order valence-electron chi connectivity index (χ0n) is 10.3. The molecule has 1 aromatic rings. The molecule has 3 nitrogen and oxygen atoms in total. The molecule has 1 aromatic carbocycles. The van der Waals surface area contributed by atoms with Crippen LogP contribution in [0.25, 0.3) is 0 Å². The van der Waals surface area contributed by atoms with Crippen LogP contribution in [-0.2, 0) is 0 Å². The van der Waals surface area contributed by atoms with E-state index in [0.717, 1.165) is 19.4 Å². The highest BCUT2D eigenvalue weighted by Gasteiger charge is 2.31. The highest BCUT2D eigenvalue weighted by Crippen LogP contribution is 2.39. The van der Waals surface area contributed by atoms with Gasteiger partial charge in [-0.15, -0.1) is 0 Å². The van der Waals surface area contributed by atoms with Crippen molar-refractivity contribution in [3.05, 3.63) is 29.8 Å². The molecule has 3 heteroatoms. The first kappa shape index (κ1) is 11.9. The molecule has 17 heavy (non-hydrogen) atoms. The van der Waals surface area contributed by atoms with Crippen LogP contribution >= 0.6 is 0 Å². The topological polar surface area (TPSA) is 53.0 Å². The molecule has 0 saturated heterocycles. The number of nitriles is 1. The van der Waals surface area contributed by atoms with E-state index >= 15 is 0 Å². The predicted molar refractivity (Wildman–Crippen MR) is 69.9 cm³/mol. The minimum absolute atomic E-state index is 0.0149. The van der Waals surface area contributed by atoms with Gasteiger partial charge in [0.25, 0.3) is 0 Å². The van der Waals surface area contributed by atoms with Crippen LogP contribution in [0, 0.1) is 11.3 Å². The van der Waals surface area contributed by atoms with E-state index in [1.165, 1.54) is 11.3 Å². The Labute approximate surface area is 103 Å². The van der Waals surface area contributed by atoms with Gasteiger partial charge in [0, 0.05) is 18.2 Å². The number of benzene rings is 1. The molecule has 1 aliphatic heterocycles. The fourth-order valence-electron chi connectivity index (χ4n) is 2.65. The van der Waals surface area contributed by atoms with Gasteiger partial charge in [-0.2, -0.15) is 5.26 Å². The average molecular weight is 229 g/mol. The van der Waals surface area contributed by atoms with Crippen molar-refractivity contribution in [2.24, 2.45) is 5.73 Å². The van der Waals surface area contributed by atoms with Crippen LogP contribution in [0.4, 0.5) is 5.69 Å². The summed E-state index contributed by atoms with van der Waals surface area (Å²) >= 11 is 0. The summed E-state index contributed by atoms with van der Waals surface area (Å²) in [7, 11) is 0. The van der Waals surface area contributed by atoms with E-state index in [1.54, 1.807) is 0 Å². The molecular formula is C14H19N3. The molecule has 0 saturated carbocycles. The molecule has 0 bridgehead atoms. The van der Waals surface area contributed by atoms with Crippen molar-refractivity contribution in [3.8, 4) is 6.07 Å². The Balaban J connectivity index is 2.31. The number of para-hydroxylation sites is 1. The third-order valence-electron chi connectivity index (χ3n) is 3.53. The number of fused-ring (bicyclic) bond motifs is 1. The molecule has 1 heterocycles. The van der Waals surface area contributed by atoms with E-state index in [0.29, 0.717) is 12.5 Å². The SMILES string of the molecule is CCC(C#N)N1CC(CCN)c2ccccc21. The quantitative estimate of drug-likeness (QED) is 0.861. The van der Waals surface area contributed by atoms with E-state index in [1.807, 2.05) is 6.07 Å². The lowest BCUT2D eigenvalue weighted by Gasteiger charge is -2.24. The normalized spacial score (nSPS) is 19.8. The summed E-state index contributed by atoms with van der Waals surface area (Å²) in [4.78, 5) is 2.23. The number of rotatable bonds is 4. The third-order valence-corrected chi connectivity index (χ3v) is 3.53. The Bertz CT molecular complexity index is 422. The Morgan fingerprint density at radius 2 is 2.29 bits per heavy atom. The molecule has 0 spiro atoms. The molecule has 0 fully saturated rings. The van der Waals surface area contributed by atoms with E-state index in [2.05, 4.69) is 36.1 Å². The monoisotopic (exact) mass is 229 g/mol. The smallest absolute Gasteiger partial charge is 0.116 e. The van der Waals surface area contributed by atoms with Crippen LogP contribution in [0.1, 0.15) is 31.2 Å². The van der Waals surface area contributed by atoms with Gasteiger partial charge in [-0.05, 0) is 31.0 Å². The van der Waals surface area contributed by atoms with Gasteiger partial charge in [0.2, 0.25) is 0 Å². The molecule has 0 radical (unpaired) electrons. The number of anilines is 1. The van der Waals surface area contributed by atoms with Gasteiger partial charge < -0.3 is 10.6 Å². The standard InChI is InChI=1S/C14H19N3/c1-2-12(9-16)17-10-11(7-8-15)13-5-3-4-6-14(13)17/h3-6,11-12H,2,7-8,10,15H2,1H3. The summed E-state index contributed by atoms with van der Waals surface area (Å²) in [5, 5.41) is 9.21. The second-order valence-corrected chi connectivity index (χ2v) is 4.54. The zero-order valence-corrected chi connectivity index (χ0v) is 10.3. The average Bonchev–Trinajstić information content (AvgIpc) is 2.72. The van der Waals surface area contributed by atoms with Gasteiger partial charge in [-0.1, -0.05) is 25.1 Å². The minimum atomic E-state index is -0.0149. The minimum Gasteiger partial charge on any atom is -0.355 e. The van der Waals surface area contributed by atoms with Gasteiger partial charge in [0.05, 0.1) is 6.07 Å². The number of hydrogen-bond donors (Lipinski definition) is 1. The van der Waals surface area contributed by atoms with Crippen LogP contribution < -0.4 is 10.6 Å². The molecule has 1 aliphatic rings. The van der Waals surface area contributed by atoms with E-state index in [4.69, 9.17) is 5.73 Å². The molecule has 0 amide bonds. The Hall–Kier alpha value is -1.53. The maximum Gasteiger partial charge on any atom is 0.116 e. The first-order valence-electron chi connectivity index (χ1n) is 6.27. The lowest BCUT2D eigenvalue weighted by atomic mass is 9.98. The van der Waals surface area contributed by atoms with Crippen molar-refractivity contribution < 1.29 is 0 Å². The fourth-order valence-corrected chi connectivity index (χ4v) is 2.65. The van der Waals surface area contributed by atoms with Gasteiger partial charge in [0.1, 0.15) is 6.04 Å². The summed E-state index contributed by atoms with van der Waals surface area (Å²) in [5.74, 6) is 0.485. The van der Waals surface area contributed by atoms with E-state index in [-0.39, 0.29) is 6.04 Å². The molecular weight excluding hydrogens is 210 g/mol. The molecule has 2 unspecified atom stereocenters. The molecule has 0 aromatic heterocycles. The van der Waals surface area contributed by atoms with Crippen LogP contribution in [-0.4, -0.2) is 19.1 Å². The van der Waals surface area contributed by atoms with Crippen LogP contribution in [0.2, 0.25) is 0 Å². The summed E-state index contributed by atoms with van der Waals surface area (Å²) in [5.41, 5.74) is 8.24. The third kappa shape index (κ3) is 2.13. The summed E-state index contributed by atoms with van der Waals surface area (Å²) in [6.45, 7) is 3.70. The second kappa shape index (κ2) is 5.20. The largest absolute Gasteiger partial charge is 0.355 e. The Morgan fingerprint density at radius 1 is 1.53 bits per heavy atom. The fraction of sp³-hybridized carbons (Fsp3) is 0.500. The van der Waals surface area contributed by atoms with E-state index in [9.17, 15) is 5.26 Å². The summed E-state index contributed by atoms with van der Waals surface area (Å²) in [6.07, 6.45) is 1.86. The number of nitrogens with two attached hydrogens (primary N) is 1. The highest BCUT2D eigenvalue weighted by molar-refractivity contribution is 5.61. The molecule has 2 atom stereocenters. The first-order valence-corrected chi connectivity index (χ1v) is 6.27. The van der Waals surface area contributed by atoms with Crippen molar-refractivity contribution >= 4 is 5.69 Å². The van der Waals surface area contributed by atoms with E-state index < -0.39 is 0 Å². The van der Waals surface area contributed by atoms with Gasteiger partial charge in [-0.3, -0.25) is 0 Å². The second-order valence-electron chi connectivity index (χ2n) is 4.54. The highest BCUT2D eigenvalue weighted by atomic mass is 15.2. The molecule has 0 aliphatic carbocycles. The molecule has 2 rings (SSSR count). The number of hydrogen-bond acceptors (Lipinski definition) is 3. The van der Waals surface area contributed by atoms with Crippen LogP contribution in [0.15, 0.2) is 24.3 Å². The summed E-state index contributed by atoms with van der Waals surface area (Å²) < 4.78 is 0. The maximum absolute atomic E-state index is 9.21. The van der Waals surface area contributed by atoms with Gasteiger partial charge >= 0.3 is 0 Å². The molecule has 90 valence electrons.